The zero-order valence-electron chi connectivity index (χ0n) is 18.8. The molecule has 4 rings (SSSR count). The molecular weight excluding hydrogens is 440 g/mol. The lowest BCUT2D eigenvalue weighted by Crippen LogP contribution is -2.16. The Balaban J connectivity index is 1.72. The highest BCUT2D eigenvalue weighted by Gasteiger charge is 2.25. The monoisotopic (exact) mass is 466 g/mol. The van der Waals surface area contributed by atoms with Gasteiger partial charge in [0.2, 0.25) is 0 Å². The Morgan fingerprint density at radius 2 is 2.06 bits per heavy atom. The van der Waals surface area contributed by atoms with Crippen LogP contribution in [0.5, 0.6) is 5.75 Å². The minimum absolute atomic E-state index is 0.0279. The van der Waals surface area contributed by atoms with Crippen molar-refractivity contribution >= 4 is 45.6 Å². The second-order valence-electron chi connectivity index (χ2n) is 8.38. The van der Waals surface area contributed by atoms with Gasteiger partial charge in [-0.2, -0.15) is 0 Å². The summed E-state index contributed by atoms with van der Waals surface area (Å²) in [6.45, 7) is 5.97. The number of unbranched alkanes of at least 4 members (excludes halogenated alkanes) is 1. The number of carboxylic acid groups (broad SMARTS) is 1. The molecule has 0 bridgehead atoms. The molecule has 3 aromatic rings. The summed E-state index contributed by atoms with van der Waals surface area (Å²) in [6.07, 6.45) is 4.24. The number of rotatable bonds is 9. The van der Waals surface area contributed by atoms with Crippen molar-refractivity contribution in [1.29, 1.82) is 0 Å². The Morgan fingerprint density at radius 3 is 2.82 bits per heavy atom. The van der Waals surface area contributed by atoms with Crippen LogP contribution in [-0.2, 0) is 11.2 Å². The zero-order valence-corrected chi connectivity index (χ0v) is 19.6. The molecular formula is C25H27ClN4O3. The first kappa shape index (κ1) is 23.0. The molecule has 0 unspecified atom stereocenters. The third-order valence-electron chi connectivity index (χ3n) is 5.75. The number of fused-ring (bicyclic) bond motifs is 2. The van der Waals surface area contributed by atoms with Crippen molar-refractivity contribution in [2.45, 2.75) is 19.3 Å². The summed E-state index contributed by atoms with van der Waals surface area (Å²) in [5, 5.41) is 11.0. The Morgan fingerprint density at radius 1 is 1.24 bits per heavy atom. The van der Waals surface area contributed by atoms with Crippen molar-refractivity contribution in [2.24, 2.45) is 0 Å². The van der Waals surface area contributed by atoms with Crippen LogP contribution in [0, 0.1) is 0 Å². The molecule has 1 aliphatic rings. The van der Waals surface area contributed by atoms with Gasteiger partial charge < -0.3 is 19.6 Å². The molecule has 0 fully saturated rings. The number of ether oxygens (including phenoxy) is 1. The predicted octanol–water partition coefficient (Wildman–Crippen LogP) is 4.80. The zero-order chi connectivity index (χ0) is 23.5. The second kappa shape index (κ2) is 9.77. The molecule has 2 heterocycles. The molecule has 1 N–H and O–H groups in total. The third kappa shape index (κ3) is 4.94. The van der Waals surface area contributed by atoms with Gasteiger partial charge in [-0.25, -0.2) is 14.8 Å². The maximum absolute atomic E-state index is 11.8. The van der Waals surface area contributed by atoms with E-state index in [2.05, 4.69) is 26.3 Å². The van der Waals surface area contributed by atoms with Crippen molar-refractivity contribution in [3.05, 3.63) is 59.4 Å². The van der Waals surface area contributed by atoms with Crippen molar-refractivity contribution in [1.82, 2.24) is 14.9 Å². The molecule has 2 aromatic carbocycles. The summed E-state index contributed by atoms with van der Waals surface area (Å²) in [6, 6.07) is 9.41. The predicted molar refractivity (Wildman–Crippen MR) is 132 cm³/mol. The van der Waals surface area contributed by atoms with Crippen LogP contribution in [0.2, 0.25) is 5.02 Å². The van der Waals surface area contributed by atoms with E-state index in [1.165, 1.54) is 11.9 Å². The molecule has 0 spiro atoms. The van der Waals surface area contributed by atoms with Gasteiger partial charge in [-0.3, -0.25) is 0 Å². The molecule has 0 atom stereocenters. The topological polar surface area (TPSA) is 78.8 Å². The summed E-state index contributed by atoms with van der Waals surface area (Å²) in [5.74, 6) is 0.0794. The lowest BCUT2D eigenvalue weighted by atomic mass is 10.0. The van der Waals surface area contributed by atoms with E-state index < -0.39 is 5.97 Å². The van der Waals surface area contributed by atoms with Crippen molar-refractivity contribution in [2.75, 3.05) is 38.7 Å². The van der Waals surface area contributed by atoms with Gasteiger partial charge in [0, 0.05) is 34.3 Å². The number of carbonyl (C=O) groups is 1. The highest BCUT2D eigenvalue weighted by atomic mass is 35.5. The third-order valence-corrected chi connectivity index (χ3v) is 5.99. The summed E-state index contributed by atoms with van der Waals surface area (Å²) in [5.41, 5.74) is 3.28. The number of hydrogen-bond acceptors (Lipinski definition) is 6. The minimum Gasteiger partial charge on any atom is -0.493 e. The maximum atomic E-state index is 11.8. The Labute approximate surface area is 198 Å². The number of nitrogens with zero attached hydrogens (tertiary/aromatic N) is 4. The minimum atomic E-state index is -1.09. The number of carboxylic acids is 1. The van der Waals surface area contributed by atoms with Crippen molar-refractivity contribution < 1.29 is 14.6 Å². The van der Waals surface area contributed by atoms with Crippen LogP contribution in [0.15, 0.2) is 43.2 Å². The highest BCUT2D eigenvalue weighted by molar-refractivity contribution is 6.31. The molecule has 0 saturated heterocycles. The van der Waals surface area contributed by atoms with Gasteiger partial charge in [-0.05, 0) is 63.7 Å². The van der Waals surface area contributed by atoms with Crippen molar-refractivity contribution in [3.63, 3.8) is 0 Å². The lowest BCUT2D eigenvalue weighted by molar-refractivity contribution is -0.130. The number of halogens is 1. The first-order chi connectivity index (χ1) is 15.8. The van der Waals surface area contributed by atoms with E-state index >= 15 is 0 Å². The van der Waals surface area contributed by atoms with Gasteiger partial charge in [-0.15, -0.1) is 0 Å². The molecule has 172 valence electrons. The fourth-order valence-electron chi connectivity index (χ4n) is 4.04. The summed E-state index contributed by atoms with van der Waals surface area (Å²) >= 11 is 6.25. The molecule has 0 saturated carbocycles. The Bertz CT molecular complexity index is 1210. The van der Waals surface area contributed by atoms with E-state index in [0.29, 0.717) is 34.3 Å². The van der Waals surface area contributed by atoms with Gasteiger partial charge in [-0.1, -0.05) is 24.2 Å². The lowest BCUT2D eigenvalue weighted by Gasteiger charge is -2.21. The average Bonchev–Trinajstić information content (AvgIpc) is 3.19. The van der Waals surface area contributed by atoms with Crippen LogP contribution in [0.25, 0.3) is 16.5 Å². The number of benzene rings is 2. The summed E-state index contributed by atoms with van der Waals surface area (Å²) in [7, 11) is 4.06. The molecule has 8 heteroatoms. The van der Waals surface area contributed by atoms with E-state index in [4.69, 9.17) is 16.3 Å². The van der Waals surface area contributed by atoms with Crippen LogP contribution in [-0.4, -0.2) is 59.7 Å². The van der Waals surface area contributed by atoms with Gasteiger partial charge in [0.15, 0.2) is 0 Å². The van der Waals surface area contributed by atoms with E-state index in [9.17, 15) is 9.90 Å². The van der Waals surface area contributed by atoms with E-state index in [1.807, 2.05) is 32.3 Å². The van der Waals surface area contributed by atoms with E-state index in [0.717, 1.165) is 43.4 Å². The van der Waals surface area contributed by atoms with Crippen molar-refractivity contribution in [3.8, 4) is 5.75 Å². The van der Waals surface area contributed by atoms with Gasteiger partial charge in [0.25, 0.3) is 0 Å². The molecule has 1 aromatic heterocycles. The number of aromatic nitrogens is 2. The van der Waals surface area contributed by atoms with Crippen LogP contribution in [0.3, 0.4) is 0 Å². The molecule has 1 aliphatic heterocycles. The van der Waals surface area contributed by atoms with Gasteiger partial charge >= 0.3 is 5.97 Å². The van der Waals surface area contributed by atoms with Gasteiger partial charge in [0.05, 0.1) is 17.7 Å². The SMILES string of the molecule is C=C(C(=O)O)c1cc2c(N3CCc4ccc(Cl)cc43)ncnc2cc1OCCCCN(C)C. The molecule has 0 amide bonds. The van der Waals surface area contributed by atoms with E-state index in [1.54, 1.807) is 12.1 Å². The van der Waals surface area contributed by atoms with E-state index in [-0.39, 0.29) is 5.57 Å². The second-order valence-corrected chi connectivity index (χ2v) is 8.82. The summed E-state index contributed by atoms with van der Waals surface area (Å²) in [4.78, 5) is 25.0. The Hall–Kier alpha value is -3.16. The smallest absolute Gasteiger partial charge is 0.335 e. The molecule has 7 nitrogen and oxygen atoms in total. The molecule has 0 radical (unpaired) electrons. The van der Waals surface area contributed by atoms with Crippen LogP contribution in [0.4, 0.5) is 11.5 Å². The highest BCUT2D eigenvalue weighted by Crippen LogP contribution is 2.40. The summed E-state index contributed by atoms with van der Waals surface area (Å²) < 4.78 is 6.00. The maximum Gasteiger partial charge on any atom is 0.335 e. The normalized spacial score (nSPS) is 12.9. The van der Waals surface area contributed by atoms with Crippen LogP contribution in [0.1, 0.15) is 24.0 Å². The largest absolute Gasteiger partial charge is 0.493 e. The number of hydrogen-bond donors (Lipinski definition) is 1. The first-order valence-electron chi connectivity index (χ1n) is 10.9. The van der Waals surface area contributed by atoms with Crippen LogP contribution < -0.4 is 9.64 Å². The molecule has 33 heavy (non-hydrogen) atoms. The fraction of sp³-hybridized carbons (Fsp3) is 0.320. The van der Waals surface area contributed by atoms with Crippen LogP contribution >= 0.6 is 11.6 Å². The standard InChI is InChI=1S/C25H27ClN4O3/c1-16(25(31)32)19-13-20-21(14-23(19)33-11-5-4-9-29(2)3)27-15-28-24(20)30-10-8-17-6-7-18(26)12-22(17)30/h6-7,12-15H,1,4-5,8-11H2,2-3H3,(H,31,32). The van der Waals surface area contributed by atoms with Gasteiger partial charge in [0.1, 0.15) is 17.9 Å². The quantitative estimate of drug-likeness (QED) is 0.358. The number of aliphatic carboxylic acids is 1. The Kier molecular flexibility index (Phi) is 6.81. The molecule has 0 aliphatic carbocycles. The number of anilines is 2. The fourth-order valence-corrected chi connectivity index (χ4v) is 4.21. The average molecular weight is 467 g/mol. The first-order valence-corrected chi connectivity index (χ1v) is 11.3.